The standard InChI is InChI=1S/C33H30N2O4/c1-34-31(36)20-38-23-16-17-25-22(18-23)15-14-21-8-2-3-9-24(21)32(25)35-33(37)39-19-30-28-12-6-4-10-26(28)27-11-5-7-13-29(27)30/h2-13,16-18,30,32H,14-15,19-20H2,1H3,(H,34,36)(H,35,37). The number of fused-ring (bicyclic) bond motifs is 5. The number of carbonyl (C=O) groups is 2. The summed E-state index contributed by atoms with van der Waals surface area (Å²) in [6.07, 6.45) is 1.18. The van der Waals surface area contributed by atoms with E-state index < -0.39 is 6.09 Å². The number of hydrogen-bond donors (Lipinski definition) is 2. The molecule has 0 bridgehead atoms. The first-order valence-electron chi connectivity index (χ1n) is 13.3. The molecular weight excluding hydrogens is 488 g/mol. The lowest BCUT2D eigenvalue weighted by molar-refractivity contribution is -0.122. The van der Waals surface area contributed by atoms with Crippen molar-refractivity contribution in [2.45, 2.75) is 24.8 Å². The Bertz CT molecular complexity index is 1500. The molecule has 6 rings (SSSR count). The highest BCUT2D eigenvalue weighted by Crippen LogP contribution is 2.44. The number of benzene rings is 4. The van der Waals surface area contributed by atoms with Crippen molar-refractivity contribution in [1.82, 2.24) is 10.6 Å². The Balaban J connectivity index is 1.23. The van der Waals surface area contributed by atoms with Gasteiger partial charge in [0.05, 0.1) is 6.04 Å². The Labute approximate surface area is 228 Å². The maximum Gasteiger partial charge on any atom is 0.407 e. The second kappa shape index (κ2) is 10.7. The van der Waals surface area contributed by atoms with Crippen LogP contribution in [0.3, 0.4) is 0 Å². The van der Waals surface area contributed by atoms with Crippen LogP contribution in [0, 0.1) is 0 Å². The first-order valence-corrected chi connectivity index (χ1v) is 13.3. The summed E-state index contributed by atoms with van der Waals surface area (Å²) < 4.78 is 11.6. The number of aryl methyl sites for hydroxylation is 2. The van der Waals surface area contributed by atoms with E-state index in [0.29, 0.717) is 5.75 Å². The fraction of sp³-hybridized carbons (Fsp3) is 0.212. The first-order chi connectivity index (χ1) is 19.1. The highest BCUT2D eigenvalue weighted by Gasteiger charge is 2.30. The van der Waals surface area contributed by atoms with E-state index in [4.69, 9.17) is 9.47 Å². The van der Waals surface area contributed by atoms with Gasteiger partial charge in [-0.25, -0.2) is 4.79 Å². The van der Waals surface area contributed by atoms with Gasteiger partial charge in [-0.3, -0.25) is 4.79 Å². The SMILES string of the molecule is CNC(=O)COc1ccc2c(c1)CCc1ccccc1C2NC(=O)OCC1c2ccccc2-c2ccccc21. The number of hydrogen-bond acceptors (Lipinski definition) is 4. The van der Waals surface area contributed by atoms with E-state index >= 15 is 0 Å². The van der Waals surface area contributed by atoms with E-state index in [0.717, 1.165) is 29.5 Å². The number of amides is 2. The van der Waals surface area contributed by atoms with Crippen molar-refractivity contribution in [2.75, 3.05) is 20.3 Å². The zero-order chi connectivity index (χ0) is 26.8. The quantitative estimate of drug-likeness (QED) is 0.352. The fourth-order valence-corrected chi connectivity index (χ4v) is 5.78. The van der Waals surface area contributed by atoms with Gasteiger partial charge in [-0.05, 0) is 69.5 Å². The third-order valence-electron chi connectivity index (χ3n) is 7.71. The smallest absolute Gasteiger partial charge is 0.407 e. The molecule has 196 valence electrons. The molecule has 2 aliphatic carbocycles. The molecule has 0 fully saturated rings. The molecule has 2 amide bonds. The summed E-state index contributed by atoms with van der Waals surface area (Å²) in [6, 6.07) is 30.3. The molecule has 0 saturated heterocycles. The van der Waals surface area contributed by atoms with Crippen LogP contribution < -0.4 is 15.4 Å². The van der Waals surface area contributed by atoms with E-state index in [9.17, 15) is 9.59 Å². The Morgan fingerprint density at radius 3 is 2.10 bits per heavy atom. The molecule has 4 aromatic rings. The molecule has 0 aliphatic heterocycles. The largest absolute Gasteiger partial charge is 0.484 e. The summed E-state index contributed by atoms with van der Waals surface area (Å²) in [6.45, 7) is 0.213. The molecule has 0 radical (unpaired) electrons. The molecule has 4 aromatic carbocycles. The molecule has 1 atom stereocenters. The van der Waals surface area contributed by atoms with Crippen LogP contribution in [0.5, 0.6) is 5.75 Å². The second-order valence-electron chi connectivity index (χ2n) is 9.92. The summed E-state index contributed by atoms with van der Waals surface area (Å²) in [7, 11) is 1.58. The van der Waals surface area contributed by atoms with Crippen molar-refractivity contribution in [3.05, 3.63) is 124 Å². The average molecular weight is 519 g/mol. The molecule has 0 saturated carbocycles. The highest BCUT2D eigenvalue weighted by molar-refractivity contribution is 5.79. The predicted octanol–water partition coefficient (Wildman–Crippen LogP) is 5.54. The van der Waals surface area contributed by atoms with Crippen molar-refractivity contribution in [2.24, 2.45) is 0 Å². The summed E-state index contributed by atoms with van der Waals surface area (Å²) >= 11 is 0. The van der Waals surface area contributed by atoms with Crippen molar-refractivity contribution in [3.8, 4) is 16.9 Å². The highest BCUT2D eigenvalue weighted by atomic mass is 16.5. The third kappa shape index (κ3) is 4.86. The zero-order valence-electron chi connectivity index (χ0n) is 21.8. The molecule has 39 heavy (non-hydrogen) atoms. The van der Waals surface area contributed by atoms with Gasteiger partial charge in [0.2, 0.25) is 0 Å². The van der Waals surface area contributed by atoms with Crippen LogP contribution in [0.4, 0.5) is 4.79 Å². The molecule has 2 aliphatic rings. The maximum atomic E-state index is 13.3. The van der Waals surface area contributed by atoms with E-state index in [1.165, 1.54) is 27.8 Å². The topological polar surface area (TPSA) is 76.7 Å². The zero-order valence-corrected chi connectivity index (χ0v) is 21.8. The van der Waals surface area contributed by atoms with Crippen molar-refractivity contribution < 1.29 is 19.1 Å². The first kappa shape index (κ1) is 24.7. The minimum atomic E-state index is -0.454. The Morgan fingerprint density at radius 2 is 1.38 bits per heavy atom. The number of alkyl carbamates (subject to hydrolysis) is 1. The summed E-state index contributed by atoms with van der Waals surface area (Å²) in [5, 5.41) is 5.72. The lowest BCUT2D eigenvalue weighted by atomic mass is 9.94. The van der Waals surface area contributed by atoms with Crippen LogP contribution in [0.15, 0.2) is 91.0 Å². The summed E-state index contributed by atoms with van der Waals surface area (Å²) in [5.41, 5.74) is 9.08. The van der Waals surface area contributed by atoms with Gasteiger partial charge in [-0.2, -0.15) is 0 Å². The van der Waals surface area contributed by atoms with E-state index in [2.05, 4.69) is 47.0 Å². The maximum absolute atomic E-state index is 13.3. The molecule has 2 N–H and O–H groups in total. The molecule has 0 heterocycles. The third-order valence-corrected chi connectivity index (χ3v) is 7.71. The van der Waals surface area contributed by atoms with Gasteiger partial charge in [0.25, 0.3) is 5.91 Å². The Morgan fingerprint density at radius 1 is 0.769 bits per heavy atom. The van der Waals surface area contributed by atoms with Crippen LogP contribution in [0.1, 0.15) is 45.3 Å². The monoisotopic (exact) mass is 518 g/mol. The van der Waals surface area contributed by atoms with Gasteiger partial charge < -0.3 is 20.1 Å². The second-order valence-corrected chi connectivity index (χ2v) is 9.92. The lowest BCUT2D eigenvalue weighted by Crippen LogP contribution is -2.31. The number of carbonyl (C=O) groups excluding carboxylic acids is 2. The fourth-order valence-electron chi connectivity index (χ4n) is 5.78. The molecule has 6 heteroatoms. The summed E-state index contributed by atoms with van der Waals surface area (Å²) in [4.78, 5) is 24.9. The normalized spacial score (nSPS) is 15.2. The average Bonchev–Trinajstić information content (AvgIpc) is 3.21. The number of rotatable bonds is 6. The van der Waals surface area contributed by atoms with Crippen LogP contribution in [0.2, 0.25) is 0 Å². The van der Waals surface area contributed by atoms with Crippen LogP contribution >= 0.6 is 0 Å². The van der Waals surface area contributed by atoms with Crippen LogP contribution in [0.25, 0.3) is 11.1 Å². The van der Waals surface area contributed by atoms with Crippen LogP contribution in [-0.4, -0.2) is 32.3 Å². The van der Waals surface area contributed by atoms with Gasteiger partial charge in [0, 0.05) is 13.0 Å². The molecule has 0 aromatic heterocycles. The van der Waals surface area contributed by atoms with Crippen molar-refractivity contribution >= 4 is 12.0 Å². The molecular formula is C33H30N2O4. The Kier molecular flexibility index (Phi) is 6.76. The molecule has 0 spiro atoms. The van der Waals surface area contributed by atoms with E-state index in [-0.39, 0.29) is 31.1 Å². The minimum Gasteiger partial charge on any atom is -0.484 e. The number of ether oxygens (including phenoxy) is 2. The van der Waals surface area contributed by atoms with Gasteiger partial charge >= 0.3 is 6.09 Å². The van der Waals surface area contributed by atoms with E-state index in [1.807, 2.05) is 54.6 Å². The van der Waals surface area contributed by atoms with Crippen LogP contribution in [-0.2, 0) is 22.4 Å². The van der Waals surface area contributed by atoms with Gasteiger partial charge in [0.1, 0.15) is 12.4 Å². The van der Waals surface area contributed by atoms with Gasteiger partial charge in [-0.1, -0.05) is 78.9 Å². The van der Waals surface area contributed by atoms with Crippen molar-refractivity contribution in [3.63, 3.8) is 0 Å². The van der Waals surface area contributed by atoms with Gasteiger partial charge in [0.15, 0.2) is 6.61 Å². The number of nitrogens with one attached hydrogen (secondary N) is 2. The lowest BCUT2D eigenvalue weighted by Gasteiger charge is -2.23. The van der Waals surface area contributed by atoms with Crippen molar-refractivity contribution in [1.29, 1.82) is 0 Å². The molecule has 1 unspecified atom stereocenters. The summed E-state index contributed by atoms with van der Waals surface area (Å²) in [5.74, 6) is 0.437. The minimum absolute atomic E-state index is 0.00289. The number of likely N-dealkylation sites (N-methyl/N-ethyl adjacent to an activating group) is 1. The van der Waals surface area contributed by atoms with E-state index in [1.54, 1.807) is 7.05 Å². The Hall–Kier alpha value is -4.58. The predicted molar refractivity (Wildman–Crippen MR) is 150 cm³/mol. The molecule has 6 nitrogen and oxygen atoms in total. The van der Waals surface area contributed by atoms with Gasteiger partial charge in [-0.15, -0.1) is 0 Å².